The average Bonchev–Trinajstić information content (AvgIpc) is 3.40. The van der Waals surface area contributed by atoms with E-state index in [0.29, 0.717) is 41.9 Å². The zero-order chi connectivity index (χ0) is 36.0. The Labute approximate surface area is 301 Å². The first-order valence-electron chi connectivity index (χ1n) is 19.9. The van der Waals surface area contributed by atoms with Gasteiger partial charge < -0.3 is 59.1 Å². The van der Waals surface area contributed by atoms with Crippen LogP contribution in [-0.4, -0.2) is 124 Å². The molecule has 0 aromatic carbocycles. The molecule has 0 aromatic rings. The summed E-state index contributed by atoms with van der Waals surface area (Å²) < 4.78 is 36.9. The van der Waals surface area contributed by atoms with Crippen LogP contribution in [0, 0.1) is 46.3 Å². The highest BCUT2D eigenvalue weighted by molar-refractivity contribution is 5.26. The van der Waals surface area contributed by atoms with Gasteiger partial charge in [-0.15, -0.1) is 0 Å². The van der Waals surface area contributed by atoms with E-state index in [1.807, 2.05) is 0 Å². The average molecular weight is 723 g/mol. The molecule has 7 fully saturated rings. The second kappa shape index (κ2) is 13.8. The molecule has 3 saturated carbocycles. The fraction of sp³-hybridized carbons (Fsp3) is 0.949. The Morgan fingerprint density at radius 1 is 0.824 bits per heavy atom. The normalized spacial score (nSPS) is 57.1. The molecule has 12 heteroatoms. The highest BCUT2D eigenvalue weighted by atomic mass is 16.7. The lowest BCUT2D eigenvalue weighted by Gasteiger charge is -2.62. The third-order valence-electron chi connectivity index (χ3n) is 15.5. The zero-order valence-electron chi connectivity index (χ0n) is 30.7. The van der Waals surface area contributed by atoms with Crippen LogP contribution in [0.3, 0.4) is 0 Å². The minimum Gasteiger partial charge on any atom is -0.394 e. The summed E-state index contributed by atoms with van der Waals surface area (Å²) in [5.41, 5.74) is 1.73. The monoisotopic (exact) mass is 722 g/mol. The summed E-state index contributed by atoms with van der Waals surface area (Å²) in [6.45, 7) is 9.70. The molecule has 51 heavy (non-hydrogen) atoms. The first-order chi connectivity index (χ1) is 24.3. The van der Waals surface area contributed by atoms with Gasteiger partial charge in [0.15, 0.2) is 18.4 Å². The minimum atomic E-state index is -1.60. The lowest BCUT2D eigenvalue weighted by molar-refractivity contribution is -0.354. The van der Waals surface area contributed by atoms with Crippen molar-refractivity contribution >= 4 is 0 Å². The number of aliphatic hydroxyl groups excluding tert-OH is 6. The van der Waals surface area contributed by atoms with Crippen LogP contribution in [0.15, 0.2) is 11.6 Å². The third kappa shape index (κ3) is 6.01. The van der Waals surface area contributed by atoms with Crippen molar-refractivity contribution in [3.8, 4) is 0 Å². The molecule has 4 heterocycles. The number of ether oxygens (including phenoxy) is 6. The van der Waals surface area contributed by atoms with Crippen LogP contribution in [0.4, 0.5) is 0 Å². The molecule has 0 amide bonds. The molecule has 8 aliphatic rings. The molecule has 6 N–H and O–H groups in total. The van der Waals surface area contributed by atoms with Gasteiger partial charge in [-0.1, -0.05) is 39.3 Å². The summed E-state index contributed by atoms with van der Waals surface area (Å²) in [4.78, 5) is 0. The molecule has 12 nitrogen and oxygen atoms in total. The van der Waals surface area contributed by atoms with Gasteiger partial charge in [-0.3, -0.25) is 0 Å². The van der Waals surface area contributed by atoms with E-state index in [2.05, 4.69) is 33.8 Å². The molecule has 0 radical (unpaired) electrons. The molecule has 4 saturated heterocycles. The Morgan fingerprint density at radius 2 is 1.63 bits per heavy atom. The van der Waals surface area contributed by atoms with Crippen LogP contribution in [0.2, 0.25) is 0 Å². The maximum atomic E-state index is 11.3. The first-order valence-corrected chi connectivity index (χ1v) is 19.9. The summed E-state index contributed by atoms with van der Waals surface area (Å²) >= 11 is 0. The van der Waals surface area contributed by atoms with Gasteiger partial charge in [-0.2, -0.15) is 0 Å². The summed E-state index contributed by atoms with van der Waals surface area (Å²) in [6.07, 6.45) is 0.632. The maximum absolute atomic E-state index is 11.3. The number of hydrogen-bond acceptors (Lipinski definition) is 12. The Bertz CT molecular complexity index is 1290. The quantitative estimate of drug-likeness (QED) is 0.181. The van der Waals surface area contributed by atoms with Crippen molar-refractivity contribution in [3.05, 3.63) is 11.6 Å². The Morgan fingerprint density at radius 3 is 2.37 bits per heavy atom. The lowest BCUT2D eigenvalue weighted by Crippen LogP contribution is -2.63. The fourth-order valence-electron chi connectivity index (χ4n) is 12.6. The van der Waals surface area contributed by atoms with E-state index < -0.39 is 67.7 Å². The van der Waals surface area contributed by atoms with Crippen LogP contribution in [-0.2, 0) is 28.4 Å². The molecule has 0 bridgehead atoms. The molecule has 0 unspecified atom stereocenters. The Kier molecular flexibility index (Phi) is 10.0. The highest BCUT2D eigenvalue weighted by Gasteiger charge is 2.66. The summed E-state index contributed by atoms with van der Waals surface area (Å²) in [7, 11) is 0. The van der Waals surface area contributed by atoms with Crippen LogP contribution >= 0.6 is 0 Å². The predicted octanol–water partition coefficient (Wildman–Crippen LogP) is 2.39. The molecule has 0 aromatic heterocycles. The van der Waals surface area contributed by atoms with E-state index in [1.54, 1.807) is 0 Å². The fourth-order valence-corrected chi connectivity index (χ4v) is 12.6. The number of hydrogen-bond donors (Lipinski definition) is 6. The standard InChI is InChI=1S/C39H62O12/c1-19-9-14-39(47-17-19)20(2)29-27(51-39)8-7-24-23-6-5-21-15-22(10-12-37(21,3)25(23)11-13-38(24,29)4)48-36-33(45)34(31(43)28(16-40)49-36)50-35-32(44)30(42)26(41)18-46-35/h5,19-20,22-36,40-45H,6-18H2,1-4H3/t19-,20+,22+,23+,24+,25+,26-,27+,28-,29+,30+,31-,32-,33-,34+,35+,36-,37+,38+,39-/m0/s1. The largest absolute Gasteiger partial charge is 0.394 e. The summed E-state index contributed by atoms with van der Waals surface area (Å²) in [5, 5.41) is 62.6. The summed E-state index contributed by atoms with van der Waals surface area (Å²) in [5.74, 6) is 3.00. The first kappa shape index (κ1) is 37.2. The molecule has 4 aliphatic heterocycles. The second-order valence-corrected chi connectivity index (χ2v) is 18.2. The van der Waals surface area contributed by atoms with Gasteiger partial charge in [0.05, 0.1) is 32.0 Å². The second-order valence-electron chi connectivity index (χ2n) is 18.2. The molecule has 1 spiro atoms. The van der Waals surface area contributed by atoms with E-state index in [1.165, 1.54) is 31.3 Å². The van der Waals surface area contributed by atoms with Crippen molar-refractivity contribution in [1.29, 1.82) is 0 Å². The van der Waals surface area contributed by atoms with E-state index in [0.717, 1.165) is 38.7 Å². The SMILES string of the molecule is C[C@H]1CC[C@]2(OC1)O[C@@H]1CC[C@@H]3[C@H]4CC=C5C[C@H](O[C@H]6O[C@@H](CO)[C@H](O)[C@@H](O[C@H]7OC[C@H](O)[C@@H](O)[C@@H]7O)[C@@H]6O)CC[C@@]5(C)[C@@H]4CC[C@@]3(C)[C@@H]1[C@H]2C. The third-order valence-corrected chi connectivity index (χ3v) is 15.5. The van der Waals surface area contributed by atoms with Gasteiger partial charge in [0.1, 0.15) is 42.7 Å². The zero-order valence-corrected chi connectivity index (χ0v) is 30.7. The highest BCUT2D eigenvalue weighted by Crippen LogP contribution is 2.69. The van der Waals surface area contributed by atoms with Crippen LogP contribution in [0.1, 0.15) is 91.9 Å². The lowest BCUT2D eigenvalue weighted by atomic mass is 9.42. The van der Waals surface area contributed by atoms with E-state index in [-0.39, 0.29) is 29.6 Å². The Balaban J connectivity index is 0.945. The molecule has 4 aliphatic carbocycles. The molecular weight excluding hydrogens is 660 g/mol. The van der Waals surface area contributed by atoms with Crippen LogP contribution < -0.4 is 0 Å². The van der Waals surface area contributed by atoms with Gasteiger partial charge in [0.25, 0.3) is 0 Å². The van der Waals surface area contributed by atoms with Gasteiger partial charge in [0.2, 0.25) is 0 Å². The van der Waals surface area contributed by atoms with Crippen molar-refractivity contribution < 1.29 is 59.1 Å². The van der Waals surface area contributed by atoms with Gasteiger partial charge in [-0.05, 0) is 98.2 Å². The molecule has 8 rings (SSSR count). The van der Waals surface area contributed by atoms with E-state index in [9.17, 15) is 30.6 Å². The smallest absolute Gasteiger partial charge is 0.186 e. The van der Waals surface area contributed by atoms with Crippen LogP contribution in [0.5, 0.6) is 0 Å². The maximum Gasteiger partial charge on any atom is 0.186 e. The predicted molar refractivity (Wildman–Crippen MR) is 182 cm³/mol. The molecule has 290 valence electrons. The van der Waals surface area contributed by atoms with Crippen molar-refractivity contribution in [2.24, 2.45) is 46.3 Å². The Hall–Kier alpha value is -0.740. The van der Waals surface area contributed by atoms with Gasteiger partial charge in [-0.25, -0.2) is 0 Å². The van der Waals surface area contributed by atoms with Crippen LogP contribution in [0.25, 0.3) is 0 Å². The van der Waals surface area contributed by atoms with Crippen molar-refractivity contribution in [1.82, 2.24) is 0 Å². The number of aliphatic hydroxyl groups is 6. The van der Waals surface area contributed by atoms with Gasteiger partial charge in [0, 0.05) is 12.3 Å². The topological polar surface area (TPSA) is 177 Å². The van der Waals surface area contributed by atoms with Crippen molar-refractivity contribution in [2.45, 2.75) is 165 Å². The van der Waals surface area contributed by atoms with E-state index in [4.69, 9.17) is 28.4 Å². The molecular formula is C39H62O12. The summed E-state index contributed by atoms with van der Waals surface area (Å²) in [6, 6.07) is 0. The molecule has 20 atom stereocenters. The van der Waals surface area contributed by atoms with E-state index >= 15 is 0 Å². The number of fused-ring (bicyclic) bond motifs is 7. The minimum absolute atomic E-state index is 0.0734. The number of allylic oxidation sites excluding steroid dienone is 1. The van der Waals surface area contributed by atoms with Gasteiger partial charge >= 0.3 is 0 Å². The van der Waals surface area contributed by atoms with Crippen molar-refractivity contribution in [2.75, 3.05) is 19.8 Å². The van der Waals surface area contributed by atoms with Crippen molar-refractivity contribution in [3.63, 3.8) is 0 Å². The number of rotatable bonds is 5.